The van der Waals surface area contributed by atoms with Crippen LogP contribution in [-0.4, -0.2) is 22.6 Å². The van der Waals surface area contributed by atoms with Crippen molar-refractivity contribution in [3.8, 4) is 0 Å². The van der Waals surface area contributed by atoms with Gasteiger partial charge in [0, 0.05) is 55.3 Å². The fraction of sp³-hybridized carbons (Fsp3) is 0.364. The third-order valence-electron chi connectivity index (χ3n) is 5.93. The van der Waals surface area contributed by atoms with Crippen LogP contribution in [0.25, 0.3) is 11.0 Å². The van der Waals surface area contributed by atoms with Crippen LogP contribution < -0.4 is 11.2 Å². The molecule has 138 valence electrons. The maximum Gasteiger partial charge on any atom is 0.336 e. The minimum Gasteiger partial charge on any atom is -0.423 e. The first-order valence-electron chi connectivity index (χ1n) is 9.52. The highest BCUT2D eigenvalue weighted by molar-refractivity contribution is 5.80. The van der Waals surface area contributed by atoms with E-state index in [-0.39, 0.29) is 11.2 Å². The second-order valence-corrected chi connectivity index (χ2v) is 7.98. The van der Waals surface area contributed by atoms with Gasteiger partial charge < -0.3 is 8.98 Å². The molecule has 2 aromatic heterocycles. The van der Waals surface area contributed by atoms with Crippen molar-refractivity contribution < 1.29 is 4.42 Å². The molecule has 2 atom stereocenters. The van der Waals surface area contributed by atoms with Crippen LogP contribution in [0.15, 0.2) is 56.5 Å². The molecule has 1 fully saturated rings. The molecule has 3 aromatic rings. The lowest BCUT2D eigenvalue weighted by Gasteiger charge is -2.42. The zero-order valence-electron chi connectivity index (χ0n) is 15.4. The number of fused-ring (bicyclic) bond motifs is 5. The molecule has 2 aliphatic rings. The summed E-state index contributed by atoms with van der Waals surface area (Å²) in [5.41, 5.74) is 3.79. The van der Waals surface area contributed by atoms with Crippen LogP contribution in [0.1, 0.15) is 29.2 Å². The van der Waals surface area contributed by atoms with E-state index in [9.17, 15) is 9.59 Å². The number of aromatic nitrogens is 1. The lowest BCUT2D eigenvalue weighted by Crippen LogP contribution is -2.46. The second kappa shape index (κ2) is 6.20. The number of nitrogens with zero attached hydrogens (tertiary/aromatic N) is 2. The maximum atomic E-state index is 12.2. The lowest BCUT2D eigenvalue weighted by atomic mass is 9.83. The van der Waals surface area contributed by atoms with Crippen molar-refractivity contribution in [3.05, 3.63) is 80.1 Å². The SMILES string of the molecule is Cc1ccc2oc(=O)cc(CN3CC4CC(C3)c3cccc(=O)n3C4)c2c1. The zero-order chi connectivity index (χ0) is 18.5. The molecular weight excluding hydrogens is 340 g/mol. The number of piperidine rings is 1. The number of likely N-dealkylation sites (tertiary alicyclic amines) is 1. The van der Waals surface area contributed by atoms with Gasteiger partial charge in [0.15, 0.2) is 0 Å². The number of pyridine rings is 1. The first-order chi connectivity index (χ1) is 13.1. The quantitative estimate of drug-likeness (QED) is 0.658. The number of aryl methyl sites for hydroxylation is 1. The second-order valence-electron chi connectivity index (χ2n) is 7.98. The van der Waals surface area contributed by atoms with E-state index in [4.69, 9.17) is 4.42 Å². The third-order valence-corrected chi connectivity index (χ3v) is 5.93. The number of hydrogen-bond acceptors (Lipinski definition) is 4. The molecule has 0 radical (unpaired) electrons. The summed E-state index contributed by atoms with van der Waals surface area (Å²) in [7, 11) is 0. The molecule has 0 N–H and O–H groups in total. The van der Waals surface area contributed by atoms with E-state index in [1.54, 1.807) is 12.1 Å². The van der Waals surface area contributed by atoms with Gasteiger partial charge in [-0.25, -0.2) is 4.79 Å². The van der Waals surface area contributed by atoms with E-state index in [2.05, 4.69) is 17.0 Å². The normalized spacial score (nSPS) is 22.0. The van der Waals surface area contributed by atoms with E-state index in [0.717, 1.165) is 54.8 Å². The van der Waals surface area contributed by atoms with Gasteiger partial charge in [0.2, 0.25) is 0 Å². The minimum absolute atomic E-state index is 0.109. The number of hydrogen-bond donors (Lipinski definition) is 0. The van der Waals surface area contributed by atoms with Crippen molar-refractivity contribution >= 4 is 11.0 Å². The van der Waals surface area contributed by atoms with Gasteiger partial charge in [-0.3, -0.25) is 9.69 Å². The van der Waals surface area contributed by atoms with E-state index < -0.39 is 0 Å². The molecule has 5 rings (SSSR count). The maximum absolute atomic E-state index is 12.2. The topological polar surface area (TPSA) is 55.5 Å². The molecule has 1 saturated heterocycles. The zero-order valence-corrected chi connectivity index (χ0v) is 15.4. The van der Waals surface area contributed by atoms with Crippen LogP contribution >= 0.6 is 0 Å². The summed E-state index contributed by atoms with van der Waals surface area (Å²) in [5, 5.41) is 1.02. The fourth-order valence-electron chi connectivity index (χ4n) is 4.84. The molecule has 2 unspecified atom stereocenters. The average molecular weight is 362 g/mol. The summed E-state index contributed by atoms with van der Waals surface area (Å²) < 4.78 is 7.32. The van der Waals surface area contributed by atoms with E-state index in [0.29, 0.717) is 17.4 Å². The number of rotatable bonds is 2. The molecule has 0 amide bonds. The Bertz CT molecular complexity index is 1140. The first kappa shape index (κ1) is 16.5. The van der Waals surface area contributed by atoms with Crippen LogP contribution in [0.4, 0.5) is 0 Å². The summed E-state index contributed by atoms with van der Waals surface area (Å²) in [5.74, 6) is 0.851. The van der Waals surface area contributed by atoms with Gasteiger partial charge in [0.25, 0.3) is 5.56 Å². The highest BCUT2D eigenvalue weighted by Crippen LogP contribution is 2.35. The van der Waals surface area contributed by atoms with E-state index >= 15 is 0 Å². The Labute approximate surface area is 156 Å². The van der Waals surface area contributed by atoms with E-state index in [1.165, 1.54) is 0 Å². The van der Waals surface area contributed by atoms with Crippen LogP contribution in [0.2, 0.25) is 0 Å². The molecule has 0 aliphatic carbocycles. The lowest BCUT2D eigenvalue weighted by molar-refractivity contribution is 0.114. The summed E-state index contributed by atoms with van der Waals surface area (Å²) in [6, 6.07) is 13.2. The van der Waals surface area contributed by atoms with Crippen molar-refractivity contribution in [1.82, 2.24) is 9.47 Å². The molecule has 5 nitrogen and oxygen atoms in total. The van der Waals surface area contributed by atoms with Gasteiger partial charge in [-0.15, -0.1) is 0 Å². The molecule has 0 spiro atoms. The Morgan fingerprint density at radius 2 is 1.96 bits per heavy atom. The molecule has 2 aliphatic heterocycles. The van der Waals surface area contributed by atoms with Gasteiger partial charge in [0.1, 0.15) is 5.58 Å². The largest absolute Gasteiger partial charge is 0.423 e. The Morgan fingerprint density at radius 3 is 2.85 bits per heavy atom. The van der Waals surface area contributed by atoms with Gasteiger partial charge >= 0.3 is 5.63 Å². The Morgan fingerprint density at radius 1 is 1.07 bits per heavy atom. The van der Waals surface area contributed by atoms with Crippen LogP contribution in [-0.2, 0) is 13.1 Å². The van der Waals surface area contributed by atoms with Gasteiger partial charge in [-0.1, -0.05) is 17.7 Å². The van der Waals surface area contributed by atoms with Crippen LogP contribution in [0.3, 0.4) is 0 Å². The highest BCUT2D eigenvalue weighted by Gasteiger charge is 2.34. The summed E-state index contributed by atoms with van der Waals surface area (Å²) in [6.45, 7) is 5.43. The van der Waals surface area contributed by atoms with Gasteiger partial charge in [-0.05, 0) is 43.0 Å². The predicted octanol–water partition coefficient (Wildman–Crippen LogP) is 2.88. The van der Waals surface area contributed by atoms with Crippen molar-refractivity contribution in [2.45, 2.75) is 32.4 Å². The monoisotopic (exact) mass is 362 g/mol. The predicted molar refractivity (Wildman–Crippen MR) is 104 cm³/mol. The Balaban J connectivity index is 1.48. The summed E-state index contributed by atoms with van der Waals surface area (Å²) >= 11 is 0. The number of benzene rings is 1. The third kappa shape index (κ3) is 2.92. The van der Waals surface area contributed by atoms with Crippen LogP contribution in [0, 0.1) is 12.8 Å². The Kier molecular flexibility index (Phi) is 3.79. The van der Waals surface area contributed by atoms with E-state index in [1.807, 2.05) is 29.7 Å². The molecule has 1 aromatic carbocycles. The smallest absolute Gasteiger partial charge is 0.336 e. The molecule has 0 saturated carbocycles. The molecule has 27 heavy (non-hydrogen) atoms. The highest BCUT2D eigenvalue weighted by atomic mass is 16.4. The fourth-order valence-corrected chi connectivity index (χ4v) is 4.84. The first-order valence-corrected chi connectivity index (χ1v) is 9.52. The van der Waals surface area contributed by atoms with Gasteiger partial charge in [0.05, 0.1) is 0 Å². The molecule has 2 bridgehead atoms. The Hall–Kier alpha value is -2.66. The molecule has 5 heteroatoms. The summed E-state index contributed by atoms with van der Waals surface area (Å²) in [4.78, 5) is 26.6. The van der Waals surface area contributed by atoms with Crippen molar-refractivity contribution in [3.63, 3.8) is 0 Å². The van der Waals surface area contributed by atoms with Crippen molar-refractivity contribution in [2.75, 3.05) is 13.1 Å². The standard InChI is InChI=1S/C22H22N2O3/c1-14-5-6-20-18(7-14)16(9-22(26)27-20)12-23-10-15-8-17(13-23)19-3-2-4-21(25)24(19)11-15/h2-7,9,15,17H,8,10-13H2,1H3. The molecule has 4 heterocycles. The van der Waals surface area contributed by atoms with Crippen molar-refractivity contribution in [2.24, 2.45) is 5.92 Å². The summed E-state index contributed by atoms with van der Waals surface area (Å²) in [6.07, 6.45) is 1.14. The average Bonchev–Trinajstić information content (AvgIpc) is 2.63. The van der Waals surface area contributed by atoms with Crippen LogP contribution in [0.5, 0.6) is 0 Å². The van der Waals surface area contributed by atoms with Gasteiger partial charge in [-0.2, -0.15) is 0 Å². The molecular formula is C22H22N2O3. The van der Waals surface area contributed by atoms with Crippen molar-refractivity contribution in [1.29, 1.82) is 0 Å². The minimum atomic E-state index is -0.296.